The van der Waals surface area contributed by atoms with Crippen LogP contribution in [-0.4, -0.2) is 90.2 Å². The van der Waals surface area contributed by atoms with Gasteiger partial charge < -0.3 is 24.5 Å². The predicted octanol–water partition coefficient (Wildman–Crippen LogP) is 1.89. The smallest absolute Gasteiger partial charge is 0.498 e. The van der Waals surface area contributed by atoms with Crippen LogP contribution >= 0.6 is 0 Å². The number of rotatable bonds is 10. The first kappa shape index (κ1) is 30.4. The molecule has 0 radical (unpaired) electrons. The molecule has 1 amide bonds. The number of nitrogens with one attached hydrogen (secondary N) is 1. The monoisotopic (exact) mass is 565 g/mol. The molecule has 0 spiro atoms. The lowest BCUT2D eigenvalue weighted by molar-refractivity contribution is -0.166. The van der Waals surface area contributed by atoms with Crippen LogP contribution in [0.15, 0.2) is 48.5 Å². The van der Waals surface area contributed by atoms with E-state index in [4.69, 9.17) is 14.0 Å². The van der Waals surface area contributed by atoms with E-state index in [1.807, 2.05) is 44.2 Å². The number of ketones is 1. The number of hydrogen-bond acceptors (Lipinski definition) is 10. The van der Waals surface area contributed by atoms with Gasteiger partial charge in [0.15, 0.2) is 5.78 Å². The molecule has 3 heterocycles. The van der Waals surface area contributed by atoms with Gasteiger partial charge >= 0.3 is 19.1 Å². The number of aromatic nitrogens is 1. The van der Waals surface area contributed by atoms with Crippen LogP contribution in [0.2, 0.25) is 5.82 Å². The zero-order valence-electron chi connectivity index (χ0n) is 23.7. The van der Waals surface area contributed by atoms with Crippen molar-refractivity contribution in [2.75, 3.05) is 20.3 Å². The number of morpholine rings is 1. The van der Waals surface area contributed by atoms with Gasteiger partial charge in [0.05, 0.1) is 25.0 Å². The van der Waals surface area contributed by atoms with Crippen molar-refractivity contribution in [2.24, 2.45) is 5.92 Å². The highest BCUT2D eigenvalue weighted by molar-refractivity contribution is 6.51. The van der Waals surface area contributed by atoms with Gasteiger partial charge in [0.25, 0.3) is 5.91 Å². The molecule has 2 fully saturated rings. The number of aliphatic hydroxyl groups is 1. The maximum Gasteiger partial charge on any atom is 0.602 e. The van der Waals surface area contributed by atoms with Crippen molar-refractivity contribution in [3.63, 3.8) is 0 Å². The maximum absolute atomic E-state index is 13.5. The fourth-order valence-electron chi connectivity index (χ4n) is 5.11. The number of amides is 1. The third-order valence-electron chi connectivity index (χ3n) is 7.33. The van der Waals surface area contributed by atoms with E-state index in [0.717, 1.165) is 5.56 Å². The van der Waals surface area contributed by atoms with E-state index in [9.17, 15) is 24.3 Å². The van der Waals surface area contributed by atoms with Gasteiger partial charge in [-0.15, -0.1) is 0 Å². The van der Waals surface area contributed by atoms with Crippen molar-refractivity contribution in [3.8, 4) is 11.3 Å². The number of likely N-dealkylation sites (N-methyl/N-ethyl adjacent to an activating group) is 1. The molecule has 2 N–H and O–H groups in total. The first-order chi connectivity index (χ1) is 19.5. The summed E-state index contributed by atoms with van der Waals surface area (Å²) in [5.74, 6) is -2.97. The maximum atomic E-state index is 13.5. The van der Waals surface area contributed by atoms with Crippen molar-refractivity contribution >= 4 is 30.7 Å². The summed E-state index contributed by atoms with van der Waals surface area (Å²) in [6, 6.07) is 11.5. The summed E-state index contributed by atoms with van der Waals surface area (Å²) < 4.78 is 16.6. The lowest BCUT2D eigenvalue weighted by Gasteiger charge is -2.40. The minimum Gasteiger partial charge on any atom is -0.498 e. The highest BCUT2D eigenvalue weighted by Crippen LogP contribution is 2.30. The third-order valence-corrected chi connectivity index (χ3v) is 7.33. The second kappa shape index (κ2) is 13.4. The lowest BCUT2D eigenvalue weighted by Crippen LogP contribution is -2.61. The molecule has 11 nitrogen and oxygen atoms in total. The number of ether oxygens (including phenoxy) is 1. The molecular weight excluding hydrogens is 529 g/mol. The number of fused-ring (bicyclic) bond motifs is 2. The number of pyridine rings is 1. The molecule has 1 aromatic carbocycles. The highest BCUT2D eigenvalue weighted by Gasteiger charge is 2.48. The molecule has 0 saturated carbocycles. The summed E-state index contributed by atoms with van der Waals surface area (Å²) in [5, 5.41) is 13.1. The molecule has 12 heteroatoms. The number of benzene rings is 1. The molecule has 5 atom stereocenters. The van der Waals surface area contributed by atoms with Gasteiger partial charge in [0, 0.05) is 17.8 Å². The third kappa shape index (κ3) is 7.38. The Morgan fingerprint density at radius 1 is 1.02 bits per heavy atom. The Morgan fingerprint density at radius 3 is 2.24 bits per heavy atom. The van der Waals surface area contributed by atoms with Gasteiger partial charge in [0.1, 0.15) is 23.8 Å². The van der Waals surface area contributed by atoms with Gasteiger partial charge in [-0.25, -0.2) is 4.98 Å². The zero-order valence-corrected chi connectivity index (χ0v) is 23.7. The Hall–Kier alpha value is -3.61. The van der Waals surface area contributed by atoms with E-state index in [1.165, 1.54) is 13.0 Å². The van der Waals surface area contributed by atoms with E-state index < -0.39 is 60.8 Å². The Balaban J connectivity index is 1.51. The van der Waals surface area contributed by atoms with Crippen molar-refractivity contribution in [2.45, 2.75) is 63.7 Å². The predicted molar refractivity (Wildman–Crippen MR) is 150 cm³/mol. The van der Waals surface area contributed by atoms with Crippen LogP contribution in [0.25, 0.3) is 11.3 Å². The van der Waals surface area contributed by atoms with Crippen molar-refractivity contribution in [1.29, 1.82) is 0 Å². The fraction of sp³-hybridized carbons (Fsp3) is 0.483. The summed E-state index contributed by atoms with van der Waals surface area (Å²) in [7, 11) is 0.337. The molecule has 2 bridgehead atoms. The summed E-state index contributed by atoms with van der Waals surface area (Å²) in [6.45, 7) is 5.42. The molecule has 2 aliphatic rings. The van der Waals surface area contributed by atoms with Crippen LogP contribution in [0.3, 0.4) is 0 Å². The van der Waals surface area contributed by atoms with Gasteiger partial charge in [-0.1, -0.05) is 50.2 Å². The van der Waals surface area contributed by atoms with E-state index in [2.05, 4.69) is 10.3 Å². The minimum atomic E-state index is -1.30. The van der Waals surface area contributed by atoms with Crippen LogP contribution in [0, 0.1) is 5.92 Å². The summed E-state index contributed by atoms with van der Waals surface area (Å²) in [4.78, 5) is 58.5. The van der Waals surface area contributed by atoms with E-state index in [0.29, 0.717) is 12.1 Å². The Labute approximate surface area is 239 Å². The van der Waals surface area contributed by atoms with Crippen LogP contribution < -0.4 is 5.32 Å². The highest BCUT2D eigenvalue weighted by atomic mass is 16.6. The molecule has 2 aliphatic heterocycles. The van der Waals surface area contributed by atoms with Crippen LogP contribution in [0.1, 0.15) is 44.1 Å². The SMILES string of the molecule is CC(C)C[C@H](CC(=O)[C@@H](NC(=O)c1cccc(-c2ccccc2)n1)[C@@H](C)O)B1OC(=O)[C@@H]2COC[C@@H](C(=O)O1)N2C. The number of carbonyl (C=O) groups is 4. The van der Waals surface area contributed by atoms with E-state index in [1.54, 1.807) is 24.1 Å². The molecular formula is C29H36BN3O8. The summed E-state index contributed by atoms with van der Waals surface area (Å²) in [6.07, 6.45) is -1.05. The lowest BCUT2D eigenvalue weighted by atomic mass is 9.64. The van der Waals surface area contributed by atoms with E-state index >= 15 is 0 Å². The van der Waals surface area contributed by atoms with Gasteiger partial charge in [-0.3, -0.25) is 24.1 Å². The van der Waals surface area contributed by atoms with Crippen LogP contribution in [0.5, 0.6) is 0 Å². The first-order valence-electron chi connectivity index (χ1n) is 13.8. The van der Waals surface area contributed by atoms with Gasteiger partial charge in [-0.05, 0) is 38.4 Å². The summed E-state index contributed by atoms with van der Waals surface area (Å²) >= 11 is 0. The second-order valence-corrected chi connectivity index (χ2v) is 11.0. The topological polar surface area (TPSA) is 144 Å². The number of nitrogens with zero attached hydrogens (tertiary/aromatic N) is 2. The van der Waals surface area contributed by atoms with Gasteiger partial charge in [0.2, 0.25) is 0 Å². The van der Waals surface area contributed by atoms with Gasteiger partial charge in [-0.2, -0.15) is 0 Å². The second-order valence-electron chi connectivity index (χ2n) is 11.0. The molecule has 0 aliphatic carbocycles. The average Bonchev–Trinajstić information content (AvgIpc) is 2.94. The number of aliphatic hydroxyl groups excluding tert-OH is 1. The van der Waals surface area contributed by atoms with Crippen molar-refractivity contribution < 1.29 is 38.3 Å². The fourth-order valence-corrected chi connectivity index (χ4v) is 5.11. The van der Waals surface area contributed by atoms with Crippen LogP contribution in [0.4, 0.5) is 0 Å². The quantitative estimate of drug-likeness (QED) is 0.410. The molecule has 218 valence electrons. The van der Waals surface area contributed by atoms with Crippen molar-refractivity contribution in [3.05, 3.63) is 54.2 Å². The zero-order chi connectivity index (χ0) is 29.7. The number of carbonyl (C=O) groups excluding carboxylic acids is 4. The number of Topliss-reactive ketones (excluding diaryl/α,β-unsaturated/α-hetero) is 1. The number of hydrogen-bond donors (Lipinski definition) is 2. The van der Waals surface area contributed by atoms with Crippen LogP contribution in [-0.2, 0) is 28.4 Å². The van der Waals surface area contributed by atoms with E-state index in [-0.39, 0.29) is 31.2 Å². The normalized spacial score (nSPS) is 21.7. The minimum absolute atomic E-state index is 0.0608. The Morgan fingerprint density at radius 2 is 1.66 bits per heavy atom. The largest absolute Gasteiger partial charge is 0.602 e. The standard InChI is InChI=1S/C29H36BN3O8/c1-17(2)13-20(30-40-28(37)23-15-39-16-24(33(23)4)29(38)41-30)14-25(35)26(18(3)34)32-27(36)22-12-8-11-21(31-22)19-9-6-5-7-10-19/h5-12,17-18,20,23-24,26,34H,13-16H2,1-4H3,(H,32,36)/t18-,20-,23+,24+,26+/m1/s1. The molecule has 0 unspecified atom stereocenters. The molecule has 41 heavy (non-hydrogen) atoms. The van der Waals surface area contributed by atoms with Crippen molar-refractivity contribution in [1.82, 2.24) is 15.2 Å². The molecule has 4 rings (SSSR count). The molecule has 1 aromatic heterocycles. The Kier molecular flexibility index (Phi) is 9.90. The molecule has 2 aromatic rings. The Bertz CT molecular complexity index is 1230. The molecule has 2 saturated heterocycles. The summed E-state index contributed by atoms with van der Waals surface area (Å²) in [5.41, 5.74) is 1.50. The first-order valence-corrected chi connectivity index (χ1v) is 13.8. The average molecular weight is 565 g/mol.